The van der Waals surface area contributed by atoms with Crippen molar-refractivity contribution in [2.24, 2.45) is 10.3 Å². The molecule has 1 aliphatic heterocycles. The first-order valence-corrected chi connectivity index (χ1v) is 7.52. The largest absolute Gasteiger partial charge is 0.305 e. The summed E-state index contributed by atoms with van der Waals surface area (Å²) in [6.45, 7) is 0.893. The van der Waals surface area contributed by atoms with E-state index in [0.717, 1.165) is 38.6 Å². The molecule has 2 rings (SSSR count). The quantitative estimate of drug-likeness (QED) is 0.734. The Morgan fingerprint density at radius 1 is 1.27 bits per heavy atom. The van der Waals surface area contributed by atoms with E-state index in [1.54, 1.807) is 0 Å². The first-order valence-electron chi connectivity index (χ1n) is 5.67. The Hall–Kier alpha value is -0.420. The minimum absolute atomic E-state index is 0.0755. The summed E-state index contributed by atoms with van der Waals surface area (Å²) >= 11 is 0. The Labute approximate surface area is 91.0 Å². The number of nitrogens with zero attached hydrogens (tertiary/aromatic N) is 1. The topological polar surface area (TPSA) is 58.5 Å². The average molecular weight is 230 g/mol. The van der Waals surface area contributed by atoms with Crippen LogP contribution in [0.5, 0.6) is 0 Å². The molecule has 1 unspecified atom stereocenters. The van der Waals surface area contributed by atoms with Crippen molar-refractivity contribution in [3.05, 3.63) is 0 Å². The lowest BCUT2D eigenvalue weighted by Gasteiger charge is -2.21. The molecular weight excluding hydrogens is 212 g/mol. The fourth-order valence-corrected chi connectivity index (χ4v) is 3.75. The standard InChI is InChI=1S/C10H18N2O2S/c13-10(9-4-3-5-9)12-15(14)7-2-1-6-11-8-15/h9,11H,1-8H2. The Balaban J connectivity index is 2.07. The van der Waals surface area contributed by atoms with Crippen molar-refractivity contribution in [3.8, 4) is 0 Å². The van der Waals surface area contributed by atoms with Crippen LogP contribution in [-0.2, 0) is 14.5 Å². The lowest BCUT2D eigenvalue weighted by molar-refractivity contribution is -0.123. The Bertz CT molecular complexity index is 340. The third kappa shape index (κ3) is 2.78. The molecule has 1 N–H and O–H groups in total. The molecule has 1 saturated heterocycles. The molecule has 1 saturated carbocycles. The van der Waals surface area contributed by atoms with Gasteiger partial charge < -0.3 is 5.32 Å². The van der Waals surface area contributed by atoms with Gasteiger partial charge in [0, 0.05) is 11.7 Å². The maximum absolute atomic E-state index is 12.2. The SMILES string of the molecule is O=C(N=S1(=O)CCCCNC1)C1CCC1. The van der Waals surface area contributed by atoms with Crippen LogP contribution in [0.1, 0.15) is 32.1 Å². The number of hydrogen-bond donors (Lipinski definition) is 1. The molecule has 0 aromatic heterocycles. The average Bonchev–Trinajstić information content (AvgIpc) is 2.26. The van der Waals surface area contributed by atoms with Gasteiger partial charge in [-0.15, -0.1) is 0 Å². The minimum Gasteiger partial charge on any atom is -0.305 e. The smallest absolute Gasteiger partial charge is 0.256 e. The molecule has 2 aliphatic rings. The molecule has 0 radical (unpaired) electrons. The van der Waals surface area contributed by atoms with Crippen LogP contribution in [0.15, 0.2) is 4.36 Å². The summed E-state index contributed by atoms with van der Waals surface area (Å²) in [6, 6.07) is 0. The number of hydrogen-bond acceptors (Lipinski definition) is 3. The zero-order chi connectivity index (χ0) is 10.7. The van der Waals surface area contributed by atoms with Gasteiger partial charge >= 0.3 is 0 Å². The van der Waals surface area contributed by atoms with Gasteiger partial charge in [0.15, 0.2) is 0 Å². The van der Waals surface area contributed by atoms with Crippen LogP contribution in [0.4, 0.5) is 0 Å². The van der Waals surface area contributed by atoms with Gasteiger partial charge in [0.05, 0.1) is 15.6 Å². The zero-order valence-corrected chi connectivity index (χ0v) is 9.72. The van der Waals surface area contributed by atoms with Gasteiger partial charge in [-0.1, -0.05) is 6.42 Å². The summed E-state index contributed by atoms with van der Waals surface area (Å²) < 4.78 is 16.2. The molecule has 0 spiro atoms. The van der Waals surface area contributed by atoms with Crippen molar-refractivity contribution < 1.29 is 9.00 Å². The normalized spacial score (nSPS) is 32.8. The molecule has 0 aromatic rings. The highest BCUT2D eigenvalue weighted by Gasteiger charge is 2.26. The first kappa shape index (κ1) is 11.1. The van der Waals surface area contributed by atoms with E-state index in [1.165, 1.54) is 0 Å². The van der Waals surface area contributed by atoms with Crippen LogP contribution in [0.3, 0.4) is 0 Å². The summed E-state index contributed by atoms with van der Waals surface area (Å²) in [5.41, 5.74) is 0. The zero-order valence-electron chi connectivity index (χ0n) is 8.91. The van der Waals surface area contributed by atoms with Gasteiger partial charge in [0.25, 0.3) is 5.91 Å². The number of amides is 1. The van der Waals surface area contributed by atoms with E-state index in [1.807, 2.05) is 0 Å². The first-order chi connectivity index (χ1) is 7.20. The lowest BCUT2D eigenvalue weighted by atomic mass is 9.85. The summed E-state index contributed by atoms with van der Waals surface area (Å²) in [6.07, 6.45) is 4.93. The van der Waals surface area contributed by atoms with E-state index < -0.39 is 9.73 Å². The van der Waals surface area contributed by atoms with E-state index in [9.17, 15) is 9.00 Å². The van der Waals surface area contributed by atoms with Gasteiger partial charge in [-0.05, 0) is 32.2 Å². The molecule has 1 amide bonds. The molecule has 4 nitrogen and oxygen atoms in total. The summed E-state index contributed by atoms with van der Waals surface area (Å²) in [4.78, 5) is 11.6. The second-order valence-corrected chi connectivity index (χ2v) is 6.81. The van der Waals surface area contributed by atoms with Crippen molar-refractivity contribution in [3.63, 3.8) is 0 Å². The highest BCUT2D eigenvalue weighted by molar-refractivity contribution is 7.93. The number of rotatable bonds is 1. The molecular formula is C10H18N2O2S. The number of carbonyl (C=O) groups is 1. The molecule has 1 atom stereocenters. The van der Waals surface area contributed by atoms with Gasteiger partial charge in [-0.3, -0.25) is 4.79 Å². The van der Waals surface area contributed by atoms with Crippen molar-refractivity contribution in [1.29, 1.82) is 0 Å². The fourth-order valence-electron chi connectivity index (χ4n) is 1.85. The monoisotopic (exact) mass is 230 g/mol. The molecule has 5 heteroatoms. The minimum atomic E-state index is -2.28. The second-order valence-electron chi connectivity index (χ2n) is 4.39. The van der Waals surface area contributed by atoms with Crippen LogP contribution in [0.25, 0.3) is 0 Å². The predicted molar refractivity (Wildman–Crippen MR) is 59.9 cm³/mol. The van der Waals surface area contributed by atoms with E-state index in [0.29, 0.717) is 11.6 Å². The van der Waals surface area contributed by atoms with Crippen LogP contribution >= 0.6 is 0 Å². The van der Waals surface area contributed by atoms with E-state index in [4.69, 9.17) is 0 Å². The highest BCUT2D eigenvalue weighted by Crippen LogP contribution is 2.28. The molecule has 0 aromatic carbocycles. The van der Waals surface area contributed by atoms with E-state index in [2.05, 4.69) is 9.68 Å². The van der Waals surface area contributed by atoms with Crippen molar-refractivity contribution in [2.75, 3.05) is 18.2 Å². The molecule has 2 fully saturated rings. The van der Waals surface area contributed by atoms with Gasteiger partial charge in [-0.25, -0.2) is 4.21 Å². The van der Waals surface area contributed by atoms with Gasteiger partial charge in [0.2, 0.25) is 0 Å². The third-order valence-electron chi connectivity index (χ3n) is 3.11. The maximum atomic E-state index is 12.2. The van der Waals surface area contributed by atoms with E-state index in [-0.39, 0.29) is 11.8 Å². The highest BCUT2D eigenvalue weighted by atomic mass is 32.2. The Morgan fingerprint density at radius 3 is 2.73 bits per heavy atom. The number of carbonyl (C=O) groups excluding carboxylic acids is 1. The molecule has 1 aliphatic carbocycles. The number of nitrogens with one attached hydrogen (secondary N) is 1. The van der Waals surface area contributed by atoms with Crippen molar-refractivity contribution >= 4 is 15.6 Å². The van der Waals surface area contributed by atoms with Crippen LogP contribution in [0.2, 0.25) is 0 Å². The van der Waals surface area contributed by atoms with Crippen molar-refractivity contribution in [2.45, 2.75) is 32.1 Å². The Morgan fingerprint density at radius 2 is 2.07 bits per heavy atom. The molecule has 0 bridgehead atoms. The summed E-state index contributed by atoms with van der Waals surface area (Å²) in [5.74, 6) is 0.936. The third-order valence-corrected chi connectivity index (χ3v) is 5.20. The fraction of sp³-hybridized carbons (Fsp3) is 0.900. The Kier molecular flexibility index (Phi) is 3.41. The molecule has 86 valence electrons. The lowest BCUT2D eigenvalue weighted by Crippen LogP contribution is -2.26. The van der Waals surface area contributed by atoms with Crippen LogP contribution < -0.4 is 5.32 Å². The molecule has 15 heavy (non-hydrogen) atoms. The summed E-state index contributed by atoms with van der Waals surface area (Å²) in [5, 5.41) is 3.10. The predicted octanol–water partition coefficient (Wildman–Crippen LogP) is 1.12. The summed E-state index contributed by atoms with van der Waals surface area (Å²) in [7, 11) is -2.28. The van der Waals surface area contributed by atoms with Crippen LogP contribution in [0, 0.1) is 5.92 Å². The molecule has 1 heterocycles. The van der Waals surface area contributed by atoms with E-state index >= 15 is 0 Å². The van der Waals surface area contributed by atoms with Crippen LogP contribution in [-0.4, -0.2) is 28.3 Å². The van der Waals surface area contributed by atoms with Crippen molar-refractivity contribution in [1.82, 2.24) is 5.32 Å². The van der Waals surface area contributed by atoms with Gasteiger partial charge in [0.1, 0.15) is 0 Å². The maximum Gasteiger partial charge on any atom is 0.256 e. The van der Waals surface area contributed by atoms with Gasteiger partial charge in [-0.2, -0.15) is 4.36 Å². The second kappa shape index (κ2) is 4.61.